The van der Waals surface area contributed by atoms with Crippen molar-refractivity contribution in [2.45, 2.75) is 33.2 Å². The maximum atomic E-state index is 11.2. The molecule has 1 unspecified atom stereocenters. The lowest BCUT2D eigenvalue weighted by molar-refractivity contribution is -0.121. The molecule has 1 amide bonds. The van der Waals surface area contributed by atoms with Gasteiger partial charge in [-0.15, -0.1) is 0 Å². The molecule has 0 spiro atoms. The van der Waals surface area contributed by atoms with E-state index in [4.69, 9.17) is 4.74 Å². The van der Waals surface area contributed by atoms with E-state index in [-0.39, 0.29) is 11.9 Å². The fourth-order valence-electron chi connectivity index (χ4n) is 1.93. The second kappa shape index (κ2) is 7.79. The van der Waals surface area contributed by atoms with Crippen molar-refractivity contribution in [1.82, 2.24) is 10.6 Å². The summed E-state index contributed by atoms with van der Waals surface area (Å²) >= 11 is 0. The molecule has 0 saturated carbocycles. The zero-order valence-electron chi connectivity index (χ0n) is 12.2. The summed E-state index contributed by atoms with van der Waals surface area (Å²) in [6.45, 7) is 7.57. The van der Waals surface area contributed by atoms with Crippen molar-refractivity contribution in [2.24, 2.45) is 0 Å². The molecule has 0 aliphatic heterocycles. The Balaban J connectivity index is 2.73. The Morgan fingerprint density at radius 3 is 2.79 bits per heavy atom. The smallest absolute Gasteiger partial charge is 0.223 e. The summed E-state index contributed by atoms with van der Waals surface area (Å²) in [4.78, 5) is 11.2. The molecule has 19 heavy (non-hydrogen) atoms. The molecule has 0 fully saturated rings. The SMILES string of the molecule is CCNC(C)c1cc(C)ccc1OCCC(=O)NC. The number of nitrogens with one attached hydrogen (secondary N) is 2. The van der Waals surface area contributed by atoms with Crippen LogP contribution in [-0.4, -0.2) is 26.1 Å². The third kappa shape index (κ3) is 4.91. The monoisotopic (exact) mass is 264 g/mol. The van der Waals surface area contributed by atoms with Crippen LogP contribution in [0.3, 0.4) is 0 Å². The van der Waals surface area contributed by atoms with E-state index >= 15 is 0 Å². The molecule has 0 aliphatic rings. The van der Waals surface area contributed by atoms with Crippen molar-refractivity contribution in [3.8, 4) is 5.75 Å². The van der Waals surface area contributed by atoms with E-state index in [1.165, 1.54) is 5.56 Å². The number of aryl methyl sites for hydroxylation is 1. The summed E-state index contributed by atoms with van der Waals surface area (Å²) in [6.07, 6.45) is 0.374. The van der Waals surface area contributed by atoms with Crippen LogP contribution in [0.5, 0.6) is 5.75 Å². The molecule has 106 valence electrons. The van der Waals surface area contributed by atoms with E-state index in [2.05, 4.69) is 37.5 Å². The van der Waals surface area contributed by atoms with Gasteiger partial charge in [0.2, 0.25) is 5.91 Å². The average Bonchev–Trinajstić information content (AvgIpc) is 2.40. The molecule has 1 aromatic carbocycles. The Kier molecular flexibility index (Phi) is 6.36. The van der Waals surface area contributed by atoms with Gasteiger partial charge in [-0.05, 0) is 26.5 Å². The highest BCUT2D eigenvalue weighted by Gasteiger charge is 2.11. The molecular weight excluding hydrogens is 240 g/mol. The lowest BCUT2D eigenvalue weighted by Gasteiger charge is -2.18. The minimum absolute atomic E-state index is 0.00612. The highest BCUT2D eigenvalue weighted by Crippen LogP contribution is 2.26. The normalized spacial score (nSPS) is 12.0. The molecule has 0 aromatic heterocycles. The Morgan fingerprint density at radius 2 is 2.16 bits per heavy atom. The Hall–Kier alpha value is -1.55. The third-order valence-corrected chi connectivity index (χ3v) is 3.01. The van der Waals surface area contributed by atoms with E-state index in [0.29, 0.717) is 13.0 Å². The second-order valence-corrected chi connectivity index (χ2v) is 4.59. The van der Waals surface area contributed by atoms with Crippen molar-refractivity contribution in [1.29, 1.82) is 0 Å². The third-order valence-electron chi connectivity index (χ3n) is 3.01. The first-order valence-corrected chi connectivity index (χ1v) is 6.75. The largest absolute Gasteiger partial charge is 0.493 e. The highest BCUT2D eigenvalue weighted by atomic mass is 16.5. The molecule has 0 radical (unpaired) electrons. The van der Waals surface area contributed by atoms with E-state index < -0.39 is 0 Å². The zero-order valence-corrected chi connectivity index (χ0v) is 12.2. The molecule has 1 atom stereocenters. The number of carbonyl (C=O) groups is 1. The molecule has 4 nitrogen and oxygen atoms in total. The molecular formula is C15H24N2O2. The fourth-order valence-corrected chi connectivity index (χ4v) is 1.93. The summed E-state index contributed by atoms with van der Waals surface area (Å²) in [5.41, 5.74) is 2.34. The number of amides is 1. The number of hydrogen-bond acceptors (Lipinski definition) is 3. The summed E-state index contributed by atoms with van der Waals surface area (Å²) in [5, 5.41) is 5.97. The topological polar surface area (TPSA) is 50.4 Å². The fraction of sp³-hybridized carbons (Fsp3) is 0.533. The van der Waals surface area contributed by atoms with Crippen LogP contribution in [0.1, 0.15) is 37.4 Å². The van der Waals surface area contributed by atoms with Gasteiger partial charge in [0.15, 0.2) is 0 Å². The van der Waals surface area contributed by atoms with Gasteiger partial charge in [0, 0.05) is 18.7 Å². The Bertz CT molecular complexity index is 419. The van der Waals surface area contributed by atoms with Crippen LogP contribution >= 0.6 is 0 Å². The average molecular weight is 264 g/mol. The van der Waals surface area contributed by atoms with Crippen molar-refractivity contribution >= 4 is 5.91 Å². The van der Waals surface area contributed by atoms with E-state index in [0.717, 1.165) is 17.9 Å². The van der Waals surface area contributed by atoms with Gasteiger partial charge >= 0.3 is 0 Å². The summed E-state index contributed by atoms with van der Waals surface area (Å²) in [7, 11) is 1.63. The van der Waals surface area contributed by atoms with Gasteiger partial charge in [-0.25, -0.2) is 0 Å². The number of rotatable bonds is 7. The molecule has 0 bridgehead atoms. The van der Waals surface area contributed by atoms with Gasteiger partial charge in [0.25, 0.3) is 0 Å². The van der Waals surface area contributed by atoms with Crippen LogP contribution in [0.2, 0.25) is 0 Å². The van der Waals surface area contributed by atoms with E-state index in [1.807, 2.05) is 12.1 Å². The molecule has 4 heteroatoms. The van der Waals surface area contributed by atoms with Gasteiger partial charge < -0.3 is 15.4 Å². The standard InChI is InChI=1S/C15H24N2O2/c1-5-17-12(3)13-10-11(2)6-7-14(13)19-9-8-15(18)16-4/h6-7,10,12,17H,5,8-9H2,1-4H3,(H,16,18). The lowest BCUT2D eigenvalue weighted by Crippen LogP contribution is -2.21. The number of hydrogen-bond donors (Lipinski definition) is 2. The van der Waals surface area contributed by atoms with Crippen LogP contribution in [-0.2, 0) is 4.79 Å². The van der Waals surface area contributed by atoms with Crippen molar-refractivity contribution in [3.05, 3.63) is 29.3 Å². The number of benzene rings is 1. The maximum absolute atomic E-state index is 11.2. The summed E-state index contributed by atoms with van der Waals surface area (Å²) in [6, 6.07) is 6.36. The number of ether oxygens (including phenoxy) is 1. The van der Waals surface area contributed by atoms with E-state index in [9.17, 15) is 4.79 Å². The first kappa shape index (κ1) is 15.5. The summed E-state index contributed by atoms with van der Waals surface area (Å²) < 4.78 is 5.73. The molecule has 2 N–H and O–H groups in total. The minimum atomic E-state index is -0.00612. The predicted octanol–water partition coefficient (Wildman–Crippen LogP) is 2.18. The second-order valence-electron chi connectivity index (χ2n) is 4.59. The van der Waals surface area contributed by atoms with Crippen molar-refractivity contribution in [3.63, 3.8) is 0 Å². The quantitative estimate of drug-likeness (QED) is 0.793. The maximum Gasteiger partial charge on any atom is 0.223 e. The lowest BCUT2D eigenvalue weighted by atomic mass is 10.0. The molecule has 1 rings (SSSR count). The van der Waals surface area contributed by atoms with Crippen LogP contribution in [0.25, 0.3) is 0 Å². The molecule has 0 heterocycles. The van der Waals surface area contributed by atoms with Crippen LogP contribution in [0, 0.1) is 6.92 Å². The van der Waals surface area contributed by atoms with Crippen molar-refractivity contribution in [2.75, 3.05) is 20.2 Å². The van der Waals surface area contributed by atoms with Crippen LogP contribution < -0.4 is 15.4 Å². The highest BCUT2D eigenvalue weighted by molar-refractivity contribution is 5.75. The first-order chi connectivity index (χ1) is 9.08. The van der Waals surface area contributed by atoms with E-state index in [1.54, 1.807) is 7.05 Å². The molecule has 1 aromatic rings. The van der Waals surface area contributed by atoms with Gasteiger partial charge in [-0.3, -0.25) is 4.79 Å². The summed E-state index contributed by atoms with van der Waals surface area (Å²) in [5.74, 6) is 0.844. The minimum Gasteiger partial charge on any atom is -0.493 e. The van der Waals surface area contributed by atoms with Gasteiger partial charge in [0.1, 0.15) is 5.75 Å². The Morgan fingerprint density at radius 1 is 1.42 bits per heavy atom. The predicted molar refractivity (Wildman–Crippen MR) is 77.4 cm³/mol. The van der Waals surface area contributed by atoms with Crippen molar-refractivity contribution < 1.29 is 9.53 Å². The van der Waals surface area contributed by atoms with Crippen LogP contribution in [0.4, 0.5) is 0 Å². The molecule has 0 saturated heterocycles. The zero-order chi connectivity index (χ0) is 14.3. The van der Waals surface area contributed by atoms with Crippen LogP contribution in [0.15, 0.2) is 18.2 Å². The number of carbonyl (C=O) groups excluding carboxylic acids is 1. The first-order valence-electron chi connectivity index (χ1n) is 6.75. The van der Waals surface area contributed by atoms with Gasteiger partial charge in [-0.1, -0.05) is 24.6 Å². The van der Waals surface area contributed by atoms with Gasteiger partial charge in [0.05, 0.1) is 13.0 Å². The van der Waals surface area contributed by atoms with Gasteiger partial charge in [-0.2, -0.15) is 0 Å². The Labute approximate surface area is 115 Å². The molecule has 0 aliphatic carbocycles.